The minimum Gasteiger partial charge on any atom is -0.0616 e. The molecule has 0 heteroatoms. The highest BCUT2D eigenvalue weighted by Gasteiger charge is 2.14. The predicted octanol–water partition coefficient (Wildman–Crippen LogP) is 13.1. The van der Waals surface area contributed by atoms with Crippen molar-refractivity contribution in [3.8, 4) is 22.3 Å². The SMILES string of the molecule is [2H]c1c(-c2c3c([2H])c([2H])c([2H])c([2H])c3c([2H])c3c2c([2H])c([2H])c2c([2H])c([2H])c([2H])c([2H])c23)c([2H])c2c([2H])c([2H])c(-c3c([2H])c4c([2H])c5c([2H])c([2H])c([2H])c([2H])c5c([2H])c4c4c([2H])c([2H])c([2H])c([2H])c34)c([2H])c2c1[2H]. The van der Waals surface area contributed by atoms with Crippen molar-refractivity contribution in [1.82, 2.24) is 0 Å². The van der Waals surface area contributed by atoms with E-state index in [9.17, 15) is 15.1 Å². The largest absolute Gasteiger partial charge is 0.0636 e. The van der Waals surface area contributed by atoms with Gasteiger partial charge < -0.3 is 0 Å². The van der Waals surface area contributed by atoms with E-state index in [-0.39, 0.29) is 0 Å². The van der Waals surface area contributed by atoms with Gasteiger partial charge in [0.15, 0.2) is 0 Å². The zero-order valence-corrected chi connectivity index (χ0v) is 23.0. The third-order valence-corrected chi connectivity index (χ3v) is 7.69. The monoisotopic (exact) mass is 608 g/mol. The first-order valence-electron chi connectivity index (χ1n) is 27.8. The molecule has 0 aromatic heterocycles. The highest BCUT2D eigenvalue weighted by atomic mass is 14.2. The second kappa shape index (κ2) is 9.76. The molecule has 0 aliphatic heterocycles. The molecule has 0 aliphatic carbocycles. The van der Waals surface area contributed by atoms with Crippen molar-refractivity contribution < 1.29 is 38.4 Å². The first-order chi connectivity index (χ1) is 34.5. The van der Waals surface area contributed by atoms with Crippen LogP contribution in [0.2, 0.25) is 0 Å². The van der Waals surface area contributed by atoms with Crippen LogP contribution in [0.15, 0.2) is 169 Å². The van der Waals surface area contributed by atoms with Gasteiger partial charge in [-0.3, -0.25) is 0 Å². The summed E-state index contributed by atoms with van der Waals surface area (Å²) in [6.07, 6.45) is 0. The Bertz CT molecular complexity index is 4450. The second-order valence-corrected chi connectivity index (χ2v) is 10.2. The van der Waals surface area contributed by atoms with E-state index in [1.54, 1.807) is 0 Å². The average molecular weight is 609 g/mol. The van der Waals surface area contributed by atoms with Gasteiger partial charge in [-0.25, -0.2) is 0 Å². The van der Waals surface area contributed by atoms with Crippen LogP contribution in [0.3, 0.4) is 0 Å². The molecule has 0 spiro atoms. The zero-order chi connectivity index (χ0) is 54.6. The predicted molar refractivity (Wildman–Crippen MR) is 200 cm³/mol. The average Bonchev–Trinajstić information content (AvgIpc) is 3.36. The molecule has 0 fully saturated rings. The maximum absolute atomic E-state index is 9.76. The molecule has 10 aromatic rings. The fourth-order valence-electron chi connectivity index (χ4n) is 5.66. The van der Waals surface area contributed by atoms with Gasteiger partial charge in [0, 0.05) is 0 Å². The fraction of sp³-hybridized carbons (Fsp3) is 0. The van der Waals surface area contributed by atoms with Crippen LogP contribution in [-0.4, -0.2) is 0 Å². The summed E-state index contributed by atoms with van der Waals surface area (Å²) in [5, 5.41) is -8.43. The van der Waals surface area contributed by atoms with Crippen LogP contribution >= 0.6 is 0 Å². The third-order valence-electron chi connectivity index (χ3n) is 7.69. The lowest BCUT2D eigenvalue weighted by atomic mass is 9.88. The van der Waals surface area contributed by atoms with Crippen molar-refractivity contribution in [1.29, 1.82) is 0 Å². The normalized spacial score (nSPS) is 20.4. The van der Waals surface area contributed by atoms with Crippen LogP contribution in [0.4, 0.5) is 0 Å². The molecule has 0 aliphatic rings. The van der Waals surface area contributed by atoms with Crippen LogP contribution in [-0.2, 0) is 0 Å². The second-order valence-electron chi connectivity index (χ2n) is 10.2. The van der Waals surface area contributed by atoms with Gasteiger partial charge in [-0.05, 0) is 134 Å². The van der Waals surface area contributed by atoms with Crippen LogP contribution in [0.25, 0.3) is 97.7 Å². The standard InChI is InChI=1S/C46H28/c1-2-11-31-26-44-37(25-30(31)10-1)28-43(40-15-7-8-16-41(40)44)35-19-17-33-24-36(20-18-32(33)23-35)46-39-14-6-4-12-34(39)27-45-38-13-5-3-9-29(38)21-22-42(45)46/h1-28H/i1D,2D,3D,4D,5D,6D,7D,8D,9D,10D,11D,12D,13D,14D,15D,16D,17D,18D,19D,20D,21D,22D,23D,24D,25D,26D,27D,28D. The molecular formula is C46H28. The van der Waals surface area contributed by atoms with Gasteiger partial charge in [-0.1, -0.05) is 133 Å². The summed E-state index contributed by atoms with van der Waals surface area (Å²) in [4.78, 5) is 0. The van der Waals surface area contributed by atoms with Crippen LogP contribution < -0.4 is 0 Å². The Morgan fingerprint density at radius 3 is 1.61 bits per heavy atom. The summed E-state index contributed by atoms with van der Waals surface area (Å²) in [6, 6.07) is -24.6. The van der Waals surface area contributed by atoms with E-state index in [0.29, 0.717) is 0 Å². The lowest BCUT2D eigenvalue weighted by Crippen LogP contribution is -1.88. The van der Waals surface area contributed by atoms with Gasteiger partial charge in [-0.2, -0.15) is 0 Å². The molecule has 0 saturated carbocycles. The number of benzene rings is 10. The van der Waals surface area contributed by atoms with Gasteiger partial charge in [0.05, 0.1) is 38.4 Å². The Morgan fingerprint density at radius 2 is 0.804 bits per heavy atom. The first-order valence-corrected chi connectivity index (χ1v) is 13.8. The number of fused-ring (bicyclic) bond motifs is 9. The van der Waals surface area contributed by atoms with Crippen LogP contribution in [0, 0.1) is 0 Å². The molecule has 0 nitrogen and oxygen atoms in total. The molecule has 0 amide bonds. The minimum atomic E-state index is -1.05. The van der Waals surface area contributed by atoms with Gasteiger partial charge in [0.2, 0.25) is 0 Å². The third kappa shape index (κ3) is 3.81. The molecule has 10 aromatic carbocycles. The van der Waals surface area contributed by atoms with Gasteiger partial charge >= 0.3 is 0 Å². The molecule has 0 heterocycles. The van der Waals surface area contributed by atoms with Gasteiger partial charge in [0.25, 0.3) is 0 Å². The Balaban J connectivity index is 1.45. The summed E-state index contributed by atoms with van der Waals surface area (Å²) in [7, 11) is 0. The number of hydrogen-bond donors (Lipinski definition) is 0. The summed E-state index contributed by atoms with van der Waals surface area (Å²) < 4.78 is 253. The van der Waals surface area contributed by atoms with E-state index in [0.717, 1.165) is 0 Å². The quantitative estimate of drug-likeness (QED) is 0.135. The smallest absolute Gasteiger partial charge is 0.0616 e. The molecule has 0 saturated heterocycles. The van der Waals surface area contributed by atoms with E-state index in [1.807, 2.05) is 0 Å². The van der Waals surface area contributed by atoms with E-state index < -0.39 is 267 Å². The van der Waals surface area contributed by atoms with Crippen LogP contribution in [0.1, 0.15) is 38.4 Å². The van der Waals surface area contributed by atoms with E-state index in [2.05, 4.69) is 0 Å². The summed E-state index contributed by atoms with van der Waals surface area (Å²) >= 11 is 0. The lowest BCUT2D eigenvalue weighted by molar-refractivity contribution is 1.69. The molecule has 0 bridgehead atoms. The fourth-order valence-corrected chi connectivity index (χ4v) is 5.66. The van der Waals surface area contributed by atoms with Crippen molar-refractivity contribution in [3.63, 3.8) is 0 Å². The van der Waals surface area contributed by atoms with Crippen molar-refractivity contribution in [3.05, 3.63) is 169 Å². The highest BCUT2D eigenvalue weighted by molar-refractivity contribution is 6.21. The van der Waals surface area contributed by atoms with E-state index in [4.69, 9.17) is 23.3 Å². The summed E-state index contributed by atoms with van der Waals surface area (Å²) in [5.74, 6) is 0. The molecule has 212 valence electrons. The zero-order valence-electron chi connectivity index (χ0n) is 51.0. The molecule has 0 N–H and O–H groups in total. The molecule has 0 unspecified atom stereocenters. The summed E-state index contributed by atoms with van der Waals surface area (Å²) in [6.45, 7) is 0. The topological polar surface area (TPSA) is 0 Å². The Kier molecular flexibility index (Phi) is 2.18. The van der Waals surface area contributed by atoms with Crippen molar-refractivity contribution >= 4 is 75.4 Å². The van der Waals surface area contributed by atoms with E-state index >= 15 is 0 Å². The van der Waals surface area contributed by atoms with Gasteiger partial charge in [-0.15, -0.1) is 0 Å². The van der Waals surface area contributed by atoms with Crippen molar-refractivity contribution in [2.45, 2.75) is 0 Å². The van der Waals surface area contributed by atoms with E-state index in [1.165, 1.54) is 0 Å². The Labute approximate surface area is 306 Å². The first kappa shape index (κ1) is 10.3. The highest BCUT2D eigenvalue weighted by Crippen LogP contribution is 2.41. The maximum Gasteiger partial charge on any atom is 0.0636 e. The molecule has 0 radical (unpaired) electrons. The Hall–Kier alpha value is -5.98. The van der Waals surface area contributed by atoms with Crippen LogP contribution in [0.5, 0.6) is 0 Å². The number of rotatable bonds is 2. The maximum atomic E-state index is 9.76. The van der Waals surface area contributed by atoms with Crippen molar-refractivity contribution in [2.24, 2.45) is 0 Å². The molecule has 0 atom stereocenters. The lowest BCUT2D eigenvalue weighted by Gasteiger charge is -2.15. The van der Waals surface area contributed by atoms with Crippen molar-refractivity contribution in [2.75, 3.05) is 0 Å². The summed E-state index contributed by atoms with van der Waals surface area (Å²) in [5.41, 5.74) is -2.98. The Morgan fingerprint density at radius 1 is 0.261 bits per heavy atom. The minimum absolute atomic E-state index is 0.515. The molecule has 46 heavy (non-hydrogen) atoms. The molecular weight excluding hydrogens is 553 g/mol. The number of hydrogen-bond acceptors (Lipinski definition) is 0. The molecule has 10 rings (SSSR count). The van der Waals surface area contributed by atoms with Gasteiger partial charge in [0.1, 0.15) is 0 Å².